The second-order valence-corrected chi connectivity index (χ2v) is 10.9. The normalized spacial score (nSPS) is 11.5. The minimum Gasteiger partial charge on any atom is -0.454 e. The van der Waals surface area contributed by atoms with Gasteiger partial charge in [-0.3, -0.25) is 0 Å². The number of furan rings is 1. The van der Waals surface area contributed by atoms with E-state index in [1.807, 2.05) is 24.3 Å². The molecule has 0 amide bonds. The Bertz CT molecular complexity index is 2140. The highest BCUT2D eigenvalue weighted by atomic mass is 32.1. The number of hydrogen-bond acceptors (Lipinski definition) is 4. The summed E-state index contributed by atoms with van der Waals surface area (Å²) in [6.45, 7) is 0. The van der Waals surface area contributed by atoms with Gasteiger partial charge < -0.3 is 4.42 Å². The number of hydrogen-bond donors (Lipinski definition) is 0. The molecule has 8 rings (SSSR count). The molecule has 3 nitrogen and oxygen atoms in total. The summed E-state index contributed by atoms with van der Waals surface area (Å²) in [7, 11) is 0. The van der Waals surface area contributed by atoms with E-state index in [4.69, 9.17) is 14.4 Å². The van der Waals surface area contributed by atoms with Crippen molar-refractivity contribution in [2.24, 2.45) is 0 Å². The lowest BCUT2D eigenvalue weighted by Gasteiger charge is -2.10. The zero-order valence-electron chi connectivity index (χ0n) is 21.4. The van der Waals surface area contributed by atoms with Crippen molar-refractivity contribution in [1.29, 1.82) is 0 Å². The summed E-state index contributed by atoms with van der Waals surface area (Å²) in [6, 6.07) is 46.1. The lowest BCUT2D eigenvalue weighted by Crippen LogP contribution is -1.96. The van der Waals surface area contributed by atoms with Crippen LogP contribution < -0.4 is 0 Å². The van der Waals surface area contributed by atoms with Crippen molar-refractivity contribution < 1.29 is 4.42 Å². The summed E-state index contributed by atoms with van der Waals surface area (Å²) in [5.74, 6) is 1.40. The van der Waals surface area contributed by atoms with E-state index in [1.54, 1.807) is 11.3 Å². The highest BCUT2D eigenvalue weighted by molar-refractivity contribution is 7.26. The quantitative estimate of drug-likeness (QED) is 0.227. The van der Waals surface area contributed by atoms with Crippen LogP contribution in [-0.4, -0.2) is 9.97 Å². The van der Waals surface area contributed by atoms with Crippen LogP contribution >= 0.6 is 11.3 Å². The molecule has 0 unspecified atom stereocenters. The van der Waals surface area contributed by atoms with E-state index in [0.29, 0.717) is 5.82 Å². The monoisotopic (exact) mass is 530 g/mol. The largest absolute Gasteiger partial charge is 0.454 e. The van der Waals surface area contributed by atoms with Crippen LogP contribution in [0.1, 0.15) is 0 Å². The first-order chi connectivity index (χ1) is 19.8. The lowest BCUT2D eigenvalue weighted by molar-refractivity contribution is 0.628. The van der Waals surface area contributed by atoms with Crippen molar-refractivity contribution in [3.8, 4) is 45.2 Å². The molecule has 0 radical (unpaired) electrons. The standard InChI is InChI=1S/C36H22N2OS/c1-2-10-23(11-3-1)24-13-8-14-26(20-24)36-37-30(22-31(38-36)33-21-25-12-4-6-18-32(25)39-33)29-17-9-16-28-27-15-5-7-19-34(27)40-35(28)29/h1-22H. The van der Waals surface area contributed by atoms with Crippen molar-refractivity contribution in [1.82, 2.24) is 9.97 Å². The van der Waals surface area contributed by atoms with E-state index < -0.39 is 0 Å². The molecule has 0 aliphatic heterocycles. The lowest BCUT2D eigenvalue weighted by atomic mass is 10.0. The Balaban J connectivity index is 1.36. The van der Waals surface area contributed by atoms with Gasteiger partial charge in [-0.05, 0) is 41.5 Å². The highest BCUT2D eigenvalue weighted by Crippen LogP contribution is 2.40. The van der Waals surface area contributed by atoms with E-state index in [2.05, 4.69) is 109 Å². The topological polar surface area (TPSA) is 38.9 Å². The van der Waals surface area contributed by atoms with Crippen LogP contribution in [0.4, 0.5) is 0 Å². The molecule has 0 fully saturated rings. The smallest absolute Gasteiger partial charge is 0.160 e. The van der Waals surface area contributed by atoms with Gasteiger partial charge in [0.2, 0.25) is 0 Å². The second kappa shape index (κ2) is 9.30. The van der Waals surface area contributed by atoms with Crippen LogP contribution in [0, 0.1) is 0 Å². The first-order valence-corrected chi connectivity index (χ1v) is 14.1. The Hall–Kier alpha value is -5.06. The zero-order chi connectivity index (χ0) is 26.5. The minimum absolute atomic E-state index is 0.670. The maximum atomic E-state index is 6.28. The molecule has 0 aliphatic rings. The molecular weight excluding hydrogens is 508 g/mol. The molecule has 3 aromatic heterocycles. The number of nitrogens with zero attached hydrogens (tertiary/aromatic N) is 2. The van der Waals surface area contributed by atoms with Crippen molar-refractivity contribution in [2.75, 3.05) is 0 Å². The third-order valence-electron chi connectivity index (χ3n) is 7.31. The van der Waals surface area contributed by atoms with Crippen molar-refractivity contribution >= 4 is 42.5 Å². The zero-order valence-corrected chi connectivity index (χ0v) is 22.2. The number of aromatic nitrogens is 2. The van der Waals surface area contributed by atoms with Gasteiger partial charge in [0.05, 0.1) is 5.69 Å². The van der Waals surface area contributed by atoms with E-state index >= 15 is 0 Å². The second-order valence-electron chi connectivity index (χ2n) is 9.84. The Morgan fingerprint density at radius 3 is 2.17 bits per heavy atom. The Kier molecular flexibility index (Phi) is 5.32. The summed E-state index contributed by atoms with van der Waals surface area (Å²) in [6.07, 6.45) is 0. The Morgan fingerprint density at radius 2 is 1.25 bits per heavy atom. The van der Waals surface area contributed by atoms with Gasteiger partial charge in [-0.15, -0.1) is 11.3 Å². The number of para-hydroxylation sites is 1. The van der Waals surface area contributed by atoms with Gasteiger partial charge in [-0.2, -0.15) is 0 Å². The first kappa shape index (κ1) is 22.9. The molecule has 0 N–H and O–H groups in total. The van der Waals surface area contributed by atoms with Gasteiger partial charge in [0.25, 0.3) is 0 Å². The van der Waals surface area contributed by atoms with Crippen LogP contribution in [0.3, 0.4) is 0 Å². The predicted molar refractivity (Wildman–Crippen MR) is 166 cm³/mol. The number of benzene rings is 5. The molecule has 0 saturated carbocycles. The fraction of sp³-hybridized carbons (Fsp3) is 0. The van der Waals surface area contributed by atoms with Crippen molar-refractivity contribution in [3.05, 3.63) is 133 Å². The fourth-order valence-corrected chi connectivity index (χ4v) is 6.59. The van der Waals surface area contributed by atoms with Crippen LogP contribution in [0.25, 0.3) is 76.4 Å². The van der Waals surface area contributed by atoms with Gasteiger partial charge in [-0.1, -0.05) is 103 Å². The summed E-state index contributed by atoms with van der Waals surface area (Å²) < 4.78 is 8.77. The highest BCUT2D eigenvalue weighted by Gasteiger charge is 2.17. The van der Waals surface area contributed by atoms with Crippen molar-refractivity contribution in [2.45, 2.75) is 0 Å². The van der Waals surface area contributed by atoms with E-state index in [0.717, 1.165) is 50.4 Å². The van der Waals surface area contributed by atoms with Gasteiger partial charge in [0, 0.05) is 36.7 Å². The molecular formula is C36H22N2OS. The maximum absolute atomic E-state index is 6.28. The van der Waals surface area contributed by atoms with Gasteiger partial charge in [-0.25, -0.2) is 9.97 Å². The Morgan fingerprint density at radius 1 is 0.525 bits per heavy atom. The van der Waals surface area contributed by atoms with Gasteiger partial charge >= 0.3 is 0 Å². The van der Waals surface area contributed by atoms with Gasteiger partial charge in [0.1, 0.15) is 11.3 Å². The summed E-state index contributed by atoms with van der Waals surface area (Å²) in [4.78, 5) is 10.2. The van der Waals surface area contributed by atoms with E-state index in [-0.39, 0.29) is 0 Å². The fourth-order valence-electron chi connectivity index (χ4n) is 5.37. The molecule has 188 valence electrons. The third kappa shape index (κ3) is 3.89. The van der Waals surface area contributed by atoms with Crippen LogP contribution in [0.5, 0.6) is 0 Å². The number of thiophene rings is 1. The van der Waals surface area contributed by atoms with Crippen LogP contribution in [-0.2, 0) is 0 Å². The molecule has 0 aliphatic carbocycles. The summed E-state index contributed by atoms with van der Waals surface area (Å²) in [5.41, 5.74) is 6.83. The number of rotatable bonds is 4. The summed E-state index contributed by atoms with van der Waals surface area (Å²) >= 11 is 1.81. The Labute approximate surface area is 235 Å². The molecule has 0 bridgehead atoms. The number of fused-ring (bicyclic) bond motifs is 4. The maximum Gasteiger partial charge on any atom is 0.160 e. The van der Waals surface area contributed by atoms with Crippen molar-refractivity contribution in [3.63, 3.8) is 0 Å². The van der Waals surface area contributed by atoms with E-state index in [1.165, 1.54) is 20.2 Å². The molecule has 3 heterocycles. The molecule has 5 aromatic carbocycles. The van der Waals surface area contributed by atoms with Crippen LogP contribution in [0.15, 0.2) is 138 Å². The average molecular weight is 531 g/mol. The minimum atomic E-state index is 0.670. The molecule has 0 spiro atoms. The van der Waals surface area contributed by atoms with E-state index in [9.17, 15) is 0 Å². The molecule has 0 atom stereocenters. The molecule has 8 aromatic rings. The molecule has 40 heavy (non-hydrogen) atoms. The predicted octanol–water partition coefficient (Wildman–Crippen LogP) is 10.3. The van der Waals surface area contributed by atoms with Crippen LogP contribution in [0.2, 0.25) is 0 Å². The summed E-state index contributed by atoms with van der Waals surface area (Å²) in [5, 5.41) is 3.57. The molecule has 0 saturated heterocycles. The SMILES string of the molecule is c1ccc(-c2cccc(-c3nc(-c4cc5ccccc5o4)cc(-c4cccc5c4sc4ccccc45)n3)c2)cc1. The third-order valence-corrected chi connectivity index (χ3v) is 8.53. The van der Waals surface area contributed by atoms with Gasteiger partial charge in [0.15, 0.2) is 11.6 Å². The average Bonchev–Trinajstić information content (AvgIpc) is 3.63. The molecule has 4 heteroatoms. The first-order valence-electron chi connectivity index (χ1n) is 13.2.